The van der Waals surface area contributed by atoms with Crippen LogP contribution in [0.15, 0.2) is 59.7 Å². The molecule has 3 aromatic rings. The third kappa shape index (κ3) is 9.15. The number of halogens is 1. The van der Waals surface area contributed by atoms with Crippen molar-refractivity contribution in [3.8, 4) is 22.6 Å². The lowest BCUT2D eigenvalue weighted by Crippen LogP contribution is -2.34. The lowest BCUT2D eigenvalue weighted by atomic mass is 10.0. The highest BCUT2D eigenvalue weighted by Gasteiger charge is 2.29. The third-order valence-electron chi connectivity index (χ3n) is 6.43. The second-order valence-electron chi connectivity index (χ2n) is 10.2. The Bertz CT molecular complexity index is 1260. The molecule has 0 aliphatic heterocycles. The molecule has 216 valence electrons. The number of hydrogen-bond donors (Lipinski definition) is 3. The van der Waals surface area contributed by atoms with Crippen LogP contribution in [0.2, 0.25) is 0 Å². The largest absolute Gasteiger partial charge is 0.493 e. The second-order valence-corrected chi connectivity index (χ2v) is 10.2. The van der Waals surface area contributed by atoms with E-state index in [4.69, 9.17) is 20.9 Å². The Kier molecular flexibility index (Phi) is 11.6. The van der Waals surface area contributed by atoms with Gasteiger partial charge in [0.15, 0.2) is 5.96 Å². The Hall–Kier alpha value is -3.79. The van der Waals surface area contributed by atoms with Gasteiger partial charge in [-0.05, 0) is 50.2 Å². The molecule has 40 heavy (non-hydrogen) atoms. The van der Waals surface area contributed by atoms with Crippen LogP contribution in [0.1, 0.15) is 57.7 Å². The van der Waals surface area contributed by atoms with Crippen molar-refractivity contribution in [2.45, 2.75) is 64.6 Å². The molecule has 1 heterocycles. The maximum Gasteiger partial charge on any atom is 0.245 e. The topological polar surface area (TPSA) is 143 Å². The minimum absolute atomic E-state index is 0. The summed E-state index contributed by atoms with van der Waals surface area (Å²) >= 11 is 0. The number of nitrogens with zero attached hydrogens (tertiary/aromatic N) is 4. The molecule has 0 unspecified atom stereocenters. The van der Waals surface area contributed by atoms with Crippen LogP contribution in [0, 0.1) is 5.92 Å². The molecule has 1 saturated carbocycles. The number of para-hydroxylation sites is 2. The Morgan fingerprint density at radius 2 is 1.70 bits per heavy atom. The Morgan fingerprint density at radius 1 is 1.05 bits per heavy atom. The number of aliphatic imine (C=N–C) groups is 1. The van der Waals surface area contributed by atoms with Gasteiger partial charge in [-0.15, -0.1) is 17.5 Å². The van der Waals surface area contributed by atoms with Crippen molar-refractivity contribution in [1.29, 1.82) is 0 Å². The molecule has 0 bridgehead atoms. The van der Waals surface area contributed by atoms with Crippen LogP contribution in [0.4, 0.5) is 0 Å². The average Bonchev–Trinajstić information content (AvgIpc) is 3.61. The minimum atomic E-state index is -0.497. The van der Waals surface area contributed by atoms with Crippen LogP contribution in [0.25, 0.3) is 11.1 Å². The number of nitrogens with two attached hydrogens (primary N) is 2. The molecule has 1 aliphatic carbocycles. The van der Waals surface area contributed by atoms with E-state index in [9.17, 15) is 4.79 Å². The van der Waals surface area contributed by atoms with Crippen LogP contribution >= 0.6 is 12.4 Å². The van der Waals surface area contributed by atoms with E-state index in [0.717, 1.165) is 36.1 Å². The van der Waals surface area contributed by atoms with Gasteiger partial charge in [0.1, 0.15) is 29.8 Å². The molecule has 1 aliphatic rings. The summed E-state index contributed by atoms with van der Waals surface area (Å²) in [6, 6.07) is 15.6. The number of nitrogens with one attached hydrogen (secondary N) is 1. The van der Waals surface area contributed by atoms with Gasteiger partial charge in [-0.1, -0.05) is 55.5 Å². The fourth-order valence-corrected chi connectivity index (χ4v) is 4.12. The maximum atomic E-state index is 12.9. The first-order valence-corrected chi connectivity index (χ1v) is 13.6. The fraction of sp³-hybridized carbons (Fsp3) is 0.448. The van der Waals surface area contributed by atoms with Crippen molar-refractivity contribution in [3.05, 3.63) is 60.4 Å². The van der Waals surface area contributed by atoms with Crippen molar-refractivity contribution in [3.63, 3.8) is 0 Å². The summed E-state index contributed by atoms with van der Waals surface area (Å²) in [7, 11) is 0. The Balaban J connectivity index is 0.00000441. The smallest absolute Gasteiger partial charge is 0.245 e. The zero-order valence-electron chi connectivity index (χ0n) is 23.2. The summed E-state index contributed by atoms with van der Waals surface area (Å²) < 4.78 is 13.9. The van der Waals surface area contributed by atoms with Crippen molar-refractivity contribution < 1.29 is 14.3 Å². The van der Waals surface area contributed by atoms with Crippen molar-refractivity contribution in [1.82, 2.24) is 20.3 Å². The molecule has 0 saturated heterocycles. The highest BCUT2D eigenvalue weighted by Crippen LogP contribution is 2.36. The number of ether oxygens (including phenoxy) is 2. The van der Waals surface area contributed by atoms with Crippen LogP contribution in [0.5, 0.6) is 11.5 Å². The predicted octanol–water partition coefficient (Wildman–Crippen LogP) is 4.24. The molecule has 0 spiro atoms. The normalized spacial score (nSPS) is 13.3. The quantitative estimate of drug-likeness (QED) is 0.141. The van der Waals surface area contributed by atoms with Crippen molar-refractivity contribution in [2.75, 3.05) is 13.2 Å². The number of carbonyl (C=O) groups excluding carboxylic acids is 1. The maximum absolute atomic E-state index is 12.9. The van der Waals surface area contributed by atoms with Gasteiger partial charge in [0.05, 0.1) is 12.8 Å². The van der Waals surface area contributed by atoms with E-state index in [1.165, 1.54) is 0 Å². The van der Waals surface area contributed by atoms with Crippen LogP contribution in [-0.2, 0) is 11.4 Å². The number of benzene rings is 2. The molecular weight excluding hydrogens is 530 g/mol. The highest BCUT2D eigenvalue weighted by molar-refractivity contribution is 5.85. The predicted molar refractivity (Wildman–Crippen MR) is 159 cm³/mol. The standard InChI is InChI=1S/C29H39N7O3.ClH/c1-20(2)15-17-38-26-11-5-3-8-23(26)24-9-4-6-12-27(24)39-19-22-18-36(35-34-22)25(10-7-16-32-29(30)31)28(37)33-21-13-14-21;/h3-6,8-9,11-12,18,20-21,25H,7,10,13-17,19H2,1-2H3,(H,33,37)(H4,30,31,32);1H/t25-;/m1./s1. The first-order chi connectivity index (χ1) is 18.9. The lowest BCUT2D eigenvalue weighted by molar-refractivity contribution is -0.125. The van der Waals surface area contributed by atoms with E-state index in [-0.39, 0.29) is 36.9 Å². The minimum Gasteiger partial charge on any atom is -0.493 e. The van der Waals surface area contributed by atoms with Gasteiger partial charge in [0.2, 0.25) is 5.91 Å². The van der Waals surface area contributed by atoms with Gasteiger partial charge in [-0.25, -0.2) is 4.68 Å². The highest BCUT2D eigenvalue weighted by atomic mass is 35.5. The summed E-state index contributed by atoms with van der Waals surface area (Å²) in [6.07, 6.45) is 5.94. The van der Waals surface area contributed by atoms with E-state index >= 15 is 0 Å². The molecule has 1 atom stereocenters. The molecular formula is C29H40ClN7O3. The molecule has 5 N–H and O–H groups in total. The first-order valence-electron chi connectivity index (χ1n) is 13.6. The number of rotatable bonds is 15. The number of carbonyl (C=O) groups is 1. The zero-order chi connectivity index (χ0) is 27.6. The molecule has 11 heteroatoms. The zero-order valence-corrected chi connectivity index (χ0v) is 24.0. The van der Waals surface area contributed by atoms with E-state index < -0.39 is 6.04 Å². The SMILES string of the molecule is CC(C)CCOc1ccccc1-c1ccccc1OCc1cn([C@H](CCCN=C(N)N)C(=O)NC2CC2)nn1.Cl. The second kappa shape index (κ2) is 15.1. The van der Waals surface area contributed by atoms with Gasteiger partial charge in [-0.3, -0.25) is 9.79 Å². The van der Waals surface area contributed by atoms with Gasteiger partial charge < -0.3 is 26.3 Å². The molecule has 0 radical (unpaired) electrons. The van der Waals surface area contributed by atoms with Crippen molar-refractivity contribution in [2.24, 2.45) is 22.4 Å². The molecule has 10 nitrogen and oxygen atoms in total. The Morgan fingerprint density at radius 3 is 2.33 bits per heavy atom. The van der Waals surface area contributed by atoms with Crippen LogP contribution < -0.4 is 26.3 Å². The summed E-state index contributed by atoms with van der Waals surface area (Å²) in [6.45, 7) is 5.67. The number of amides is 1. The number of guanidine groups is 1. The fourth-order valence-electron chi connectivity index (χ4n) is 4.12. The van der Waals surface area contributed by atoms with E-state index in [1.807, 2.05) is 48.5 Å². The molecule has 1 fully saturated rings. The Labute approximate surface area is 241 Å². The number of hydrogen-bond acceptors (Lipinski definition) is 6. The summed E-state index contributed by atoms with van der Waals surface area (Å²) in [5, 5.41) is 11.6. The summed E-state index contributed by atoms with van der Waals surface area (Å²) in [5.74, 6) is 2.08. The van der Waals surface area contributed by atoms with Crippen molar-refractivity contribution >= 4 is 24.3 Å². The monoisotopic (exact) mass is 569 g/mol. The van der Waals surface area contributed by atoms with Gasteiger partial charge in [-0.2, -0.15) is 0 Å². The first kappa shape index (κ1) is 30.7. The lowest BCUT2D eigenvalue weighted by Gasteiger charge is -2.16. The molecule has 1 amide bonds. The van der Waals surface area contributed by atoms with Crippen LogP contribution in [0.3, 0.4) is 0 Å². The van der Waals surface area contributed by atoms with Gasteiger partial charge in [0.25, 0.3) is 0 Å². The van der Waals surface area contributed by atoms with Crippen LogP contribution in [-0.4, -0.2) is 46.1 Å². The molecule has 1 aromatic heterocycles. The van der Waals surface area contributed by atoms with Gasteiger partial charge >= 0.3 is 0 Å². The molecule has 4 rings (SSSR count). The van der Waals surface area contributed by atoms with E-state index in [2.05, 4.69) is 34.5 Å². The molecule has 2 aromatic carbocycles. The summed E-state index contributed by atoms with van der Waals surface area (Å²) in [5.41, 5.74) is 13.4. The van der Waals surface area contributed by atoms with E-state index in [0.29, 0.717) is 43.4 Å². The third-order valence-corrected chi connectivity index (χ3v) is 6.43. The van der Waals surface area contributed by atoms with E-state index in [1.54, 1.807) is 10.9 Å². The van der Waals surface area contributed by atoms with Gasteiger partial charge in [0, 0.05) is 23.7 Å². The number of aromatic nitrogens is 3. The summed E-state index contributed by atoms with van der Waals surface area (Å²) in [4.78, 5) is 16.9. The average molecular weight is 570 g/mol.